The Labute approximate surface area is 119 Å². The van der Waals surface area contributed by atoms with E-state index in [1.165, 1.54) is 12.1 Å². The first kappa shape index (κ1) is 13.8. The summed E-state index contributed by atoms with van der Waals surface area (Å²) >= 11 is 3.31. The molecule has 0 saturated heterocycles. The van der Waals surface area contributed by atoms with Crippen LogP contribution in [0.2, 0.25) is 0 Å². The molecule has 1 N–H and O–H groups in total. The van der Waals surface area contributed by atoms with Gasteiger partial charge in [-0.25, -0.2) is 4.39 Å². The summed E-state index contributed by atoms with van der Waals surface area (Å²) in [6.45, 7) is 2.93. The highest BCUT2D eigenvalue weighted by atomic mass is 79.9. The highest BCUT2D eigenvalue weighted by molar-refractivity contribution is 9.10. The molecule has 0 aliphatic carbocycles. The molecule has 5 heteroatoms. The Morgan fingerprint density at radius 1 is 1.32 bits per heavy atom. The molecule has 0 spiro atoms. The van der Waals surface area contributed by atoms with Gasteiger partial charge in [0.05, 0.1) is 4.47 Å². The molecule has 0 bridgehead atoms. The van der Waals surface area contributed by atoms with Crippen molar-refractivity contribution in [2.45, 2.75) is 13.3 Å². The molecule has 0 radical (unpaired) electrons. The predicted molar refractivity (Wildman–Crippen MR) is 77.2 cm³/mol. The van der Waals surface area contributed by atoms with Crippen molar-refractivity contribution in [2.75, 3.05) is 11.9 Å². The van der Waals surface area contributed by atoms with Crippen LogP contribution in [0.1, 0.15) is 13.3 Å². The van der Waals surface area contributed by atoms with Gasteiger partial charge in [0.1, 0.15) is 17.4 Å². The molecule has 0 saturated carbocycles. The van der Waals surface area contributed by atoms with Crippen molar-refractivity contribution in [3.05, 3.63) is 46.7 Å². The van der Waals surface area contributed by atoms with Crippen LogP contribution in [0.15, 0.2) is 40.9 Å². The summed E-state index contributed by atoms with van der Waals surface area (Å²) in [5, 5.41) is 3.17. The fourth-order valence-corrected chi connectivity index (χ4v) is 1.82. The number of rotatable bonds is 5. The van der Waals surface area contributed by atoms with Crippen LogP contribution in [0.4, 0.5) is 10.2 Å². The molecule has 100 valence electrons. The Bertz CT molecular complexity index is 563. The highest BCUT2D eigenvalue weighted by Crippen LogP contribution is 2.29. The van der Waals surface area contributed by atoms with Gasteiger partial charge in [0.2, 0.25) is 5.88 Å². The van der Waals surface area contributed by atoms with Crippen LogP contribution in [-0.2, 0) is 0 Å². The first-order valence-electron chi connectivity index (χ1n) is 6.03. The molecule has 1 aromatic carbocycles. The first-order valence-corrected chi connectivity index (χ1v) is 6.82. The van der Waals surface area contributed by atoms with E-state index in [4.69, 9.17) is 4.74 Å². The van der Waals surface area contributed by atoms with Gasteiger partial charge < -0.3 is 10.1 Å². The molecule has 2 rings (SSSR count). The number of anilines is 1. The van der Waals surface area contributed by atoms with E-state index in [2.05, 4.69) is 33.2 Å². The predicted octanol–water partition coefficient (Wildman–Crippen LogP) is 4.60. The summed E-state index contributed by atoms with van der Waals surface area (Å²) in [6, 6.07) is 9.72. The quantitative estimate of drug-likeness (QED) is 0.872. The summed E-state index contributed by atoms with van der Waals surface area (Å²) in [5.41, 5.74) is 0. The molecule has 0 atom stereocenters. The maximum atomic E-state index is 13.2. The molecular formula is C14H14BrFN2O. The van der Waals surface area contributed by atoms with Gasteiger partial charge in [0.25, 0.3) is 0 Å². The number of nitrogens with one attached hydrogen (secondary N) is 1. The molecule has 1 heterocycles. The van der Waals surface area contributed by atoms with E-state index in [9.17, 15) is 4.39 Å². The fraction of sp³-hybridized carbons (Fsp3) is 0.214. The van der Waals surface area contributed by atoms with Crippen molar-refractivity contribution >= 4 is 21.7 Å². The summed E-state index contributed by atoms with van der Waals surface area (Å²) in [7, 11) is 0. The minimum Gasteiger partial charge on any atom is -0.438 e. The second-order valence-corrected chi connectivity index (χ2v) is 4.82. The molecule has 3 nitrogen and oxygen atoms in total. The van der Waals surface area contributed by atoms with Gasteiger partial charge in [-0.1, -0.05) is 13.0 Å². The lowest BCUT2D eigenvalue weighted by Crippen LogP contribution is -2.02. The zero-order chi connectivity index (χ0) is 13.7. The lowest BCUT2D eigenvalue weighted by molar-refractivity contribution is 0.456. The highest BCUT2D eigenvalue weighted by Gasteiger charge is 2.06. The van der Waals surface area contributed by atoms with E-state index < -0.39 is 0 Å². The number of pyridine rings is 1. The third kappa shape index (κ3) is 3.92. The Balaban J connectivity index is 2.16. The van der Waals surface area contributed by atoms with Crippen molar-refractivity contribution in [1.29, 1.82) is 0 Å². The van der Waals surface area contributed by atoms with Crippen molar-refractivity contribution < 1.29 is 9.13 Å². The SMILES string of the molecule is CCCNc1cccc(Oc2cc(F)ccc2Br)n1. The number of benzene rings is 1. The first-order chi connectivity index (χ1) is 9.19. The zero-order valence-corrected chi connectivity index (χ0v) is 12.1. The van der Waals surface area contributed by atoms with Crippen LogP contribution < -0.4 is 10.1 Å². The van der Waals surface area contributed by atoms with Crippen LogP contribution in [0.5, 0.6) is 11.6 Å². The molecule has 1 aromatic heterocycles. The Hall–Kier alpha value is -1.62. The monoisotopic (exact) mass is 324 g/mol. The van der Waals surface area contributed by atoms with E-state index in [0.717, 1.165) is 18.8 Å². The van der Waals surface area contributed by atoms with Gasteiger partial charge >= 0.3 is 0 Å². The minimum absolute atomic E-state index is 0.349. The van der Waals surface area contributed by atoms with Crippen LogP contribution in [-0.4, -0.2) is 11.5 Å². The second kappa shape index (κ2) is 6.52. The number of nitrogens with zero attached hydrogens (tertiary/aromatic N) is 1. The fourth-order valence-electron chi connectivity index (χ4n) is 1.49. The lowest BCUT2D eigenvalue weighted by Gasteiger charge is -2.09. The summed E-state index contributed by atoms with van der Waals surface area (Å²) in [6.07, 6.45) is 1.02. The van der Waals surface area contributed by atoms with Gasteiger partial charge in [-0.15, -0.1) is 0 Å². The molecule has 19 heavy (non-hydrogen) atoms. The Morgan fingerprint density at radius 2 is 2.16 bits per heavy atom. The average Bonchev–Trinajstić information content (AvgIpc) is 2.41. The molecule has 0 unspecified atom stereocenters. The number of hydrogen-bond donors (Lipinski definition) is 1. The number of aromatic nitrogens is 1. The molecule has 2 aromatic rings. The van der Waals surface area contributed by atoms with Crippen LogP contribution in [0.3, 0.4) is 0 Å². The topological polar surface area (TPSA) is 34.1 Å². The summed E-state index contributed by atoms with van der Waals surface area (Å²) in [4.78, 5) is 4.30. The van der Waals surface area contributed by atoms with Crippen molar-refractivity contribution in [1.82, 2.24) is 4.98 Å². The number of hydrogen-bond acceptors (Lipinski definition) is 3. The molecule has 0 aliphatic heterocycles. The minimum atomic E-state index is -0.349. The van der Waals surface area contributed by atoms with E-state index in [0.29, 0.717) is 16.1 Å². The van der Waals surface area contributed by atoms with E-state index in [1.54, 1.807) is 12.1 Å². The molecular weight excluding hydrogens is 311 g/mol. The third-order valence-corrected chi connectivity index (χ3v) is 3.04. The average molecular weight is 325 g/mol. The molecule has 0 amide bonds. The Morgan fingerprint density at radius 3 is 2.95 bits per heavy atom. The Kier molecular flexibility index (Phi) is 4.74. The van der Waals surface area contributed by atoms with Gasteiger partial charge in [-0.05, 0) is 40.5 Å². The lowest BCUT2D eigenvalue weighted by atomic mass is 10.3. The van der Waals surface area contributed by atoms with E-state index in [1.807, 2.05) is 12.1 Å². The number of halogens is 2. The largest absolute Gasteiger partial charge is 0.438 e. The summed E-state index contributed by atoms with van der Waals surface area (Å²) in [5.74, 6) is 1.22. The second-order valence-electron chi connectivity index (χ2n) is 3.96. The maximum absolute atomic E-state index is 13.2. The van der Waals surface area contributed by atoms with Crippen molar-refractivity contribution in [2.24, 2.45) is 0 Å². The van der Waals surface area contributed by atoms with Crippen LogP contribution in [0, 0.1) is 5.82 Å². The van der Waals surface area contributed by atoms with E-state index >= 15 is 0 Å². The van der Waals surface area contributed by atoms with Gasteiger partial charge in [0, 0.05) is 18.7 Å². The van der Waals surface area contributed by atoms with Gasteiger partial charge in [0.15, 0.2) is 0 Å². The van der Waals surface area contributed by atoms with Crippen LogP contribution in [0.25, 0.3) is 0 Å². The number of ether oxygens (including phenoxy) is 1. The zero-order valence-electron chi connectivity index (χ0n) is 10.5. The third-order valence-electron chi connectivity index (χ3n) is 2.39. The normalized spacial score (nSPS) is 10.3. The standard InChI is InChI=1S/C14H14BrFN2O/c1-2-8-17-13-4-3-5-14(18-13)19-12-9-10(16)6-7-11(12)15/h3-7,9H,2,8H2,1H3,(H,17,18). The van der Waals surface area contributed by atoms with Crippen molar-refractivity contribution in [3.8, 4) is 11.6 Å². The summed E-state index contributed by atoms with van der Waals surface area (Å²) < 4.78 is 19.4. The van der Waals surface area contributed by atoms with Gasteiger partial charge in [-0.2, -0.15) is 4.98 Å². The van der Waals surface area contributed by atoms with Gasteiger partial charge in [-0.3, -0.25) is 0 Å². The van der Waals surface area contributed by atoms with Crippen molar-refractivity contribution in [3.63, 3.8) is 0 Å². The van der Waals surface area contributed by atoms with E-state index in [-0.39, 0.29) is 5.82 Å². The smallest absolute Gasteiger partial charge is 0.221 e. The maximum Gasteiger partial charge on any atom is 0.221 e. The molecule has 0 aliphatic rings. The van der Waals surface area contributed by atoms with Crippen LogP contribution >= 0.6 is 15.9 Å². The molecule has 0 fully saturated rings.